The van der Waals surface area contributed by atoms with Crippen LogP contribution in [-0.4, -0.2) is 43.5 Å². The number of hydrogen-bond acceptors (Lipinski definition) is 4. The van der Waals surface area contributed by atoms with E-state index in [0.717, 1.165) is 17.0 Å². The van der Waals surface area contributed by atoms with Gasteiger partial charge < -0.3 is 10.1 Å². The molecule has 1 aliphatic heterocycles. The van der Waals surface area contributed by atoms with Gasteiger partial charge in [-0.05, 0) is 49.9 Å². The number of alkyl halides is 3. The maximum absolute atomic E-state index is 13.9. The third kappa shape index (κ3) is 4.79. The van der Waals surface area contributed by atoms with Gasteiger partial charge in [-0.3, -0.25) is 19.4 Å². The largest absolute Gasteiger partial charge is 0.494 e. The Morgan fingerprint density at radius 2 is 1.97 bits per heavy atom. The smallest absolute Gasteiger partial charge is 0.416 e. The minimum absolute atomic E-state index is 0.0773. The first kappa shape index (κ1) is 22.5. The first-order valence-electron chi connectivity index (χ1n) is 9.36. The zero-order valence-electron chi connectivity index (χ0n) is 17.1. The van der Waals surface area contributed by atoms with Gasteiger partial charge >= 0.3 is 6.18 Å². The molecule has 1 atom stereocenters. The summed E-state index contributed by atoms with van der Waals surface area (Å²) >= 11 is 0. The number of nitrogens with one attached hydrogen (secondary N) is 1. The molecular formula is C21H21F4N3O3. The van der Waals surface area contributed by atoms with Crippen molar-refractivity contribution in [1.29, 1.82) is 0 Å². The molecule has 1 N–H and O–H groups in total. The molecule has 0 aromatic heterocycles. The first-order chi connectivity index (χ1) is 14.5. The van der Waals surface area contributed by atoms with Gasteiger partial charge in [-0.2, -0.15) is 13.2 Å². The fraction of sp³-hybridized carbons (Fsp3) is 0.333. The predicted molar refractivity (Wildman–Crippen MR) is 106 cm³/mol. The van der Waals surface area contributed by atoms with Crippen molar-refractivity contribution in [2.45, 2.75) is 25.7 Å². The summed E-state index contributed by atoms with van der Waals surface area (Å²) in [6, 6.07) is 6.56. The number of anilines is 2. The lowest BCUT2D eigenvalue weighted by atomic mass is 10.1. The van der Waals surface area contributed by atoms with Crippen molar-refractivity contribution in [3.05, 3.63) is 53.3 Å². The molecule has 10 heteroatoms. The van der Waals surface area contributed by atoms with Gasteiger partial charge in [-0.25, -0.2) is 4.39 Å². The maximum Gasteiger partial charge on any atom is 0.416 e. The minimum Gasteiger partial charge on any atom is -0.494 e. The van der Waals surface area contributed by atoms with E-state index in [1.165, 1.54) is 25.3 Å². The van der Waals surface area contributed by atoms with E-state index in [4.69, 9.17) is 4.74 Å². The average molecular weight is 439 g/mol. The Balaban J connectivity index is 1.80. The molecule has 2 amide bonds. The zero-order chi connectivity index (χ0) is 22.9. The Kier molecular flexibility index (Phi) is 6.21. The molecular weight excluding hydrogens is 418 g/mol. The lowest BCUT2D eigenvalue weighted by molar-refractivity contribution is -0.137. The summed E-state index contributed by atoms with van der Waals surface area (Å²) in [6.07, 6.45) is -4.58. The number of hydrogen-bond donors (Lipinski definition) is 1. The molecule has 0 saturated carbocycles. The molecule has 1 aliphatic rings. The van der Waals surface area contributed by atoms with Crippen LogP contribution in [0.25, 0.3) is 0 Å². The Labute approximate surface area is 176 Å². The van der Waals surface area contributed by atoms with Gasteiger partial charge in [0.05, 0.1) is 30.1 Å². The topological polar surface area (TPSA) is 61.9 Å². The second-order valence-electron chi connectivity index (χ2n) is 7.26. The molecule has 0 fully saturated rings. The Hall–Kier alpha value is -3.14. The average Bonchev–Trinajstić information content (AvgIpc) is 2.71. The number of benzene rings is 2. The SMILES string of the molecule is COc1ccc(CN(C)C(C)C(=O)N2CC(=O)Nc3cc(C(F)(F)F)ccc32)cc1F. The summed E-state index contributed by atoms with van der Waals surface area (Å²) < 4.78 is 57.8. The fourth-order valence-electron chi connectivity index (χ4n) is 3.31. The molecule has 0 radical (unpaired) electrons. The normalized spacial score (nSPS) is 14.8. The van der Waals surface area contributed by atoms with Crippen molar-refractivity contribution >= 4 is 23.2 Å². The molecule has 0 aliphatic carbocycles. The van der Waals surface area contributed by atoms with Crippen LogP contribution in [0.5, 0.6) is 5.75 Å². The van der Waals surface area contributed by atoms with E-state index in [1.807, 2.05) is 0 Å². The highest BCUT2D eigenvalue weighted by Crippen LogP contribution is 2.37. The van der Waals surface area contributed by atoms with Crippen molar-refractivity contribution in [2.24, 2.45) is 0 Å². The summed E-state index contributed by atoms with van der Waals surface area (Å²) in [6.45, 7) is 1.53. The van der Waals surface area contributed by atoms with E-state index >= 15 is 0 Å². The number of halogens is 4. The number of carbonyl (C=O) groups is 2. The molecule has 1 heterocycles. The Morgan fingerprint density at radius 3 is 2.58 bits per heavy atom. The minimum atomic E-state index is -4.58. The number of carbonyl (C=O) groups excluding carboxylic acids is 2. The van der Waals surface area contributed by atoms with Crippen LogP contribution in [0.2, 0.25) is 0 Å². The highest BCUT2D eigenvalue weighted by molar-refractivity contribution is 6.11. The summed E-state index contributed by atoms with van der Waals surface area (Å²) in [5.41, 5.74) is -0.209. The number of likely N-dealkylation sites (N-methyl/N-ethyl adjacent to an activating group) is 1. The highest BCUT2D eigenvalue weighted by Gasteiger charge is 2.35. The molecule has 6 nitrogen and oxygen atoms in total. The lowest BCUT2D eigenvalue weighted by Gasteiger charge is -2.34. The quantitative estimate of drug-likeness (QED) is 0.723. The fourth-order valence-corrected chi connectivity index (χ4v) is 3.31. The van der Waals surface area contributed by atoms with Crippen LogP contribution in [-0.2, 0) is 22.3 Å². The van der Waals surface area contributed by atoms with E-state index in [0.29, 0.717) is 5.56 Å². The molecule has 0 spiro atoms. The zero-order valence-corrected chi connectivity index (χ0v) is 17.1. The number of amides is 2. The monoisotopic (exact) mass is 439 g/mol. The van der Waals surface area contributed by atoms with Crippen LogP contribution in [0, 0.1) is 5.82 Å². The molecule has 3 rings (SSSR count). The maximum atomic E-state index is 13.9. The van der Waals surface area contributed by atoms with E-state index in [-0.39, 0.29) is 30.2 Å². The van der Waals surface area contributed by atoms with Crippen LogP contribution in [0.4, 0.5) is 28.9 Å². The standard InChI is InChI=1S/C21H21F4N3O3/c1-12(27(2)10-13-4-7-18(31-3)15(22)8-13)20(30)28-11-19(29)26-16-9-14(21(23,24)25)5-6-17(16)28/h4-9,12H,10-11H2,1-3H3,(H,26,29). The van der Waals surface area contributed by atoms with E-state index in [9.17, 15) is 27.2 Å². The van der Waals surface area contributed by atoms with Gasteiger partial charge in [0.15, 0.2) is 11.6 Å². The summed E-state index contributed by atoms with van der Waals surface area (Å²) in [5.74, 6) is -1.49. The molecule has 166 valence electrons. The predicted octanol–water partition coefficient (Wildman–Crippen LogP) is 3.66. The van der Waals surface area contributed by atoms with Crippen LogP contribution in [0.15, 0.2) is 36.4 Å². The van der Waals surface area contributed by atoms with Crippen LogP contribution < -0.4 is 15.0 Å². The van der Waals surface area contributed by atoms with Gasteiger partial charge in [0.1, 0.15) is 6.54 Å². The van der Waals surface area contributed by atoms with Gasteiger partial charge in [-0.1, -0.05) is 6.07 Å². The van der Waals surface area contributed by atoms with Gasteiger partial charge in [-0.15, -0.1) is 0 Å². The molecule has 31 heavy (non-hydrogen) atoms. The van der Waals surface area contributed by atoms with E-state index in [2.05, 4.69) is 5.32 Å². The number of nitrogens with zero attached hydrogens (tertiary/aromatic N) is 2. The molecule has 2 aromatic carbocycles. The van der Waals surface area contributed by atoms with Gasteiger partial charge in [0.25, 0.3) is 0 Å². The van der Waals surface area contributed by atoms with Gasteiger partial charge in [0.2, 0.25) is 11.8 Å². The third-order valence-electron chi connectivity index (χ3n) is 5.12. The van der Waals surface area contributed by atoms with Crippen molar-refractivity contribution in [3.8, 4) is 5.75 Å². The number of fused-ring (bicyclic) bond motifs is 1. The first-order valence-corrected chi connectivity index (χ1v) is 9.36. The number of ether oxygens (including phenoxy) is 1. The number of methoxy groups -OCH3 is 1. The summed E-state index contributed by atoms with van der Waals surface area (Å²) in [5, 5.41) is 2.38. The second-order valence-corrected chi connectivity index (χ2v) is 7.26. The highest BCUT2D eigenvalue weighted by atomic mass is 19.4. The molecule has 1 unspecified atom stereocenters. The second kappa shape index (κ2) is 8.54. The molecule has 0 bridgehead atoms. The van der Waals surface area contributed by atoms with Crippen LogP contribution >= 0.6 is 0 Å². The van der Waals surface area contributed by atoms with Crippen molar-refractivity contribution < 1.29 is 31.9 Å². The molecule has 2 aromatic rings. The van der Waals surface area contributed by atoms with Crippen LogP contribution in [0.3, 0.4) is 0 Å². The summed E-state index contributed by atoms with van der Waals surface area (Å²) in [4.78, 5) is 27.9. The van der Waals surface area contributed by atoms with E-state index < -0.39 is 35.4 Å². The summed E-state index contributed by atoms with van der Waals surface area (Å²) in [7, 11) is 3.01. The number of rotatable bonds is 5. The molecule has 0 saturated heterocycles. The van der Waals surface area contributed by atoms with Crippen molar-refractivity contribution in [1.82, 2.24) is 4.90 Å². The Morgan fingerprint density at radius 1 is 1.26 bits per heavy atom. The van der Waals surface area contributed by atoms with Crippen molar-refractivity contribution in [2.75, 3.05) is 30.9 Å². The third-order valence-corrected chi connectivity index (χ3v) is 5.12. The van der Waals surface area contributed by atoms with Gasteiger partial charge in [0, 0.05) is 6.54 Å². The van der Waals surface area contributed by atoms with Crippen LogP contribution in [0.1, 0.15) is 18.1 Å². The van der Waals surface area contributed by atoms with E-state index in [1.54, 1.807) is 24.9 Å². The van der Waals surface area contributed by atoms with Crippen molar-refractivity contribution in [3.63, 3.8) is 0 Å². The lowest BCUT2D eigenvalue weighted by Crippen LogP contribution is -2.50. The Bertz CT molecular complexity index is 1010.